The minimum absolute atomic E-state index is 0.0165. The maximum atomic E-state index is 12.7. The van der Waals surface area contributed by atoms with Crippen LogP contribution >= 0.6 is 15.9 Å². The lowest BCUT2D eigenvalue weighted by Crippen LogP contribution is -2.42. The van der Waals surface area contributed by atoms with Crippen molar-refractivity contribution in [1.29, 1.82) is 0 Å². The lowest BCUT2D eigenvalue weighted by molar-refractivity contribution is -0.151. The van der Waals surface area contributed by atoms with Gasteiger partial charge in [-0.2, -0.15) is 0 Å². The van der Waals surface area contributed by atoms with Crippen LogP contribution in [0, 0.1) is 5.92 Å². The predicted octanol–water partition coefficient (Wildman–Crippen LogP) is 2.57. The summed E-state index contributed by atoms with van der Waals surface area (Å²) in [6, 6.07) is 6.90. The van der Waals surface area contributed by atoms with Gasteiger partial charge in [-0.3, -0.25) is 14.4 Å². The molecule has 1 fully saturated rings. The summed E-state index contributed by atoms with van der Waals surface area (Å²) in [5.74, 6) is -0.309. The first-order chi connectivity index (χ1) is 12.5. The molecule has 1 saturated heterocycles. The average molecular weight is 421 g/mol. The molecule has 26 heavy (non-hydrogen) atoms. The lowest BCUT2D eigenvalue weighted by Gasteiger charge is -2.31. The van der Waals surface area contributed by atoms with Crippen LogP contribution in [0.25, 0.3) is 10.9 Å². The van der Waals surface area contributed by atoms with Gasteiger partial charge < -0.3 is 14.2 Å². The summed E-state index contributed by atoms with van der Waals surface area (Å²) < 4.78 is 7.71. The third-order valence-electron chi connectivity index (χ3n) is 4.71. The fraction of sp³-hybridized carbons (Fsp3) is 0.421. The van der Waals surface area contributed by atoms with Gasteiger partial charge in [-0.25, -0.2) is 0 Å². The molecule has 0 radical (unpaired) electrons. The fourth-order valence-corrected chi connectivity index (χ4v) is 3.64. The zero-order chi connectivity index (χ0) is 18.7. The van der Waals surface area contributed by atoms with Crippen LogP contribution in [-0.4, -0.2) is 41.0 Å². The Morgan fingerprint density at radius 2 is 1.96 bits per heavy atom. The Hall–Kier alpha value is -2.15. The number of hydrogen-bond acceptors (Lipinski definition) is 4. The van der Waals surface area contributed by atoms with Crippen LogP contribution in [0.5, 0.6) is 0 Å². The Morgan fingerprint density at radius 1 is 1.23 bits per heavy atom. The Balaban J connectivity index is 1.71. The summed E-state index contributed by atoms with van der Waals surface area (Å²) in [5.41, 5.74) is 0.660. The van der Waals surface area contributed by atoms with Gasteiger partial charge in [-0.1, -0.05) is 15.9 Å². The number of likely N-dealkylation sites (tertiary alicyclic amines) is 1. The van der Waals surface area contributed by atoms with Crippen molar-refractivity contribution in [2.75, 3.05) is 19.7 Å². The molecule has 6 nitrogen and oxygen atoms in total. The summed E-state index contributed by atoms with van der Waals surface area (Å²) in [7, 11) is 0. The van der Waals surface area contributed by atoms with Crippen molar-refractivity contribution in [3.05, 3.63) is 45.2 Å². The number of fused-ring (bicyclic) bond motifs is 1. The highest BCUT2D eigenvalue weighted by molar-refractivity contribution is 9.10. The van der Waals surface area contributed by atoms with Crippen LogP contribution in [0.4, 0.5) is 0 Å². The molecule has 1 aliphatic heterocycles. The van der Waals surface area contributed by atoms with Crippen LogP contribution in [0.2, 0.25) is 0 Å². The number of hydrogen-bond donors (Lipinski definition) is 0. The second kappa shape index (κ2) is 8.03. The summed E-state index contributed by atoms with van der Waals surface area (Å²) in [4.78, 5) is 38.3. The highest BCUT2D eigenvalue weighted by Gasteiger charge is 2.28. The molecule has 0 bridgehead atoms. The molecule has 0 N–H and O–H groups in total. The Labute approximate surface area is 159 Å². The number of piperidine rings is 1. The molecule has 1 aromatic carbocycles. The molecule has 7 heteroatoms. The highest BCUT2D eigenvalue weighted by atomic mass is 79.9. The average Bonchev–Trinajstić information content (AvgIpc) is 2.64. The predicted molar refractivity (Wildman–Crippen MR) is 102 cm³/mol. The van der Waals surface area contributed by atoms with Gasteiger partial charge in [0.2, 0.25) is 5.91 Å². The van der Waals surface area contributed by atoms with E-state index in [1.807, 2.05) is 12.1 Å². The van der Waals surface area contributed by atoms with Crippen LogP contribution in [-0.2, 0) is 20.9 Å². The summed E-state index contributed by atoms with van der Waals surface area (Å²) >= 11 is 3.41. The van der Waals surface area contributed by atoms with Crippen molar-refractivity contribution in [3.8, 4) is 0 Å². The molecule has 0 atom stereocenters. The summed E-state index contributed by atoms with van der Waals surface area (Å²) in [5, 5.41) is 0.588. The van der Waals surface area contributed by atoms with Gasteiger partial charge >= 0.3 is 5.97 Å². The largest absolute Gasteiger partial charge is 0.466 e. The second-order valence-electron chi connectivity index (χ2n) is 6.38. The van der Waals surface area contributed by atoms with Crippen LogP contribution in [0.15, 0.2) is 39.7 Å². The van der Waals surface area contributed by atoms with Crippen molar-refractivity contribution < 1.29 is 14.3 Å². The zero-order valence-electron chi connectivity index (χ0n) is 14.6. The molecule has 1 amide bonds. The number of rotatable bonds is 4. The number of nitrogens with zero attached hydrogens (tertiary/aromatic N) is 2. The van der Waals surface area contributed by atoms with Crippen LogP contribution in [0.3, 0.4) is 0 Å². The highest BCUT2D eigenvalue weighted by Crippen LogP contribution is 2.20. The van der Waals surface area contributed by atoms with E-state index in [9.17, 15) is 14.4 Å². The molecule has 0 aliphatic carbocycles. The third-order valence-corrected chi connectivity index (χ3v) is 5.21. The number of aromatic nitrogens is 1. The van der Waals surface area contributed by atoms with Crippen molar-refractivity contribution in [3.63, 3.8) is 0 Å². The number of benzene rings is 1. The Bertz CT molecular complexity index is 885. The van der Waals surface area contributed by atoms with E-state index in [1.54, 1.807) is 28.7 Å². The topological polar surface area (TPSA) is 68.6 Å². The molecule has 1 aliphatic rings. The van der Waals surface area contributed by atoms with Crippen molar-refractivity contribution >= 4 is 38.7 Å². The summed E-state index contributed by atoms with van der Waals surface area (Å²) in [6.07, 6.45) is 2.91. The van der Waals surface area contributed by atoms with Crippen LogP contribution in [0.1, 0.15) is 19.8 Å². The molecule has 1 aromatic heterocycles. The van der Waals surface area contributed by atoms with E-state index < -0.39 is 0 Å². The molecule has 0 spiro atoms. The Morgan fingerprint density at radius 3 is 2.65 bits per heavy atom. The van der Waals surface area contributed by atoms with E-state index in [2.05, 4.69) is 15.9 Å². The molecular formula is C19H21BrN2O4. The van der Waals surface area contributed by atoms with E-state index in [1.165, 1.54) is 6.07 Å². The van der Waals surface area contributed by atoms with E-state index in [4.69, 9.17) is 4.74 Å². The maximum absolute atomic E-state index is 12.7. The van der Waals surface area contributed by atoms with Gasteiger partial charge in [0.25, 0.3) is 0 Å². The number of esters is 1. The molecular weight excluding hydrogens is 400 g/mol. The van der Waals surface area contributed by atoms with Crippen molar-refractivity contribution in [2.45, 2.75) is 26.3 Å². The van der Waals surface area contributed by atoms with Gasteiger partial charge in [-0.05, 0) is 38.0 Å². The minimum atomic E-state index is -0.171. The quantitative estimate of drug-likeness (QED) is 0.712. The van der Waals surface area contributed by atoms with Gasteiger partial charge in [0.15, 0.2) is 5.43 Å². The molecule has 3 rings (SSSR count). The number of carbonyl (C=O) groups excluding carboxylic acids is 2. The normalized spacial score (nSPS) is 15.2. The number of pyridine rings is 1. The molecule has 0 unspecified atom stereocenters. The monoisotopic (exact) mass is 420 g/mol. The summed E-state index contributed by atoms with van der Waals surface area (Å²) in [6.45, 7) is 3.43. The first-order valence-electron chi connectivity index (χ1n) is 8.72. The SMILES string of the molecule is CCOC(=O)C1CCN(C(=O)Cn2ccc(=O)c3ccc(Br)cc32)CC1. The van der Waals surface area contributed by atoms with Crippen LogP contribution < -0.4 is 5.43 Å². The molecule has 138 valence electrons. The standard InChI is InChI=1S/C19H21BrN2O4/c1-2-26-19(25)13-5-8-21(9-6-13)18(24)12-22-10-7-17(23)15-4-3-14(20)11-16(15)22/h3-4,7,10-11,13H,2,5-6,8-9,12H2,1H3. The number of carbonyl (C=O) groups is 2. The van der Waals surface area contributed by atoms with E-state index in [-0.39, 0.29) is 29.8 Å². The zero-order valence-corrected chi connectivity index (χ0v) is 16.2. The second-order valence-corrected chi connectivity index (χ2v) is 7.29. The lowest BCUT2D eigenvalue weighted by atomic mass is 9.97. The van der Waals surface area contributed by atoms with Crippen molar-refractivity contribution in [1.82, 2.24) is 9.47 Å². The maximum Gasteiger partial charge on any atom is 0.309 e. The minimum Gasteiger partial charge on any atom is -0.466 e. The first kappa shape index (κ1) is 18.6. The van der Waals surface area contributed by atoms with Gasteiger partial charge in [0.1, 0.15) is 6.54 Å². The van der Waals surface area contributed by atoms with Gasteiger partial charge in [-0.15, -0.1) is 0 Å². The Kier molecular flexibility index (Phi) is 5.76. The van der Waals surface area contributed by atoms with E-state index in [0.717, 1.165) is 9.99 Å². The van der Waals surface area contributed by atoms with Gasteiger partial charge in [0, 0.05) is 35.2 Å². The first-order valence-corrected chi connectivity index (χ1v) is 9.52. The molecule has 0 saturated carbocycles. The van der Waals surface area contributed by atoms with Gasteiger partial charge in [0.05, 0.1) is 18.0 Å². The third kappa shape index (κ3) is 3.98. The number of halogens is 1. The number of amides is 1. The fourth-order valence-electron chi connectivity index (χ4n) is 3.29. The smallest absolute Gasteiger partial charge is 0.309 e. The molecule has 2 heterocycles. The molecule has 2 aromatic rings. The van der Waals surface area contributed by atoms with E-state index >= 15 is 0 Å². The van der Waals surface area contributed by atoms with E-state index in [0.29, 0.717) is 37.9 Å². The van der Waals surface area contributed by atoms with Crippen molar-refractivity contribution in [2.24, 2.45) is 5.92 Å². The number of ether oxygens (including phenoxy) is 1.